The normalized spacial score (nSPS) is 10.3. The molecule has 0 radical (unpaired) electrons. The zero-order valence-electron chi connectivity index (χ0n) is 5.73. The first kappa shape index (κ1) is 6.61. The second-order valence-corrected chi connectivity index (χ2v) is 2.75. The van der Waals surface area contributed by atoms with E-state index in [0.29, 0.717) is 0 Å². The molecule has 0 amide bonds. The van der Waals surface area contributed by atoms with Crippen molar-refractivity contribution in [2.24, 2.45) is 0 Å². The average Bonchev–Trinajstić information content (AvgIpc) is 2.04. The Kier molecular flexibility index (Phi) is 1.51. The lowest BCUT2D eigenvalue weighted by Crippen LogP contribution is -1.80. The van der Waals surface area contributed by atoms with Crippen LogP contribution in [-0.4, -0.2) is 9.97 Å². The highest BCUT2D eigenvalue weighted by Crippen LogP contribution is 2.12. The molecule has 2 rings (SSSR count). The largest absolute Gasteiger partial charge is 0.253 e. The van der Waals surface area contributed by atoms with Crippen LogP contribution in [0.2, 0.25) is 0 Å². The minimum Gasteiger partial charge on any atom is -0.253 e. The third-order valence-electron chi connectivity index (χ3n) is 1.45. The first-order valence-corrected chi connectivity index (χ1v) is 3.71. The summed E-state index contributed by atoms with van der Waals surface area (Å²) < 4.78 is 0. The molecule has 2 nitrogen and oxygen atoms in total. The van der Waals surface area contributed by atoms with Crippen molar-refractivity contribution < 1.29 is 0 Å². The summed E-state index contributed by atoms with van der Waals surface area (Å²) in [4.78, 5) is 9.17. The predicted octanol–water partition coefficient (Wildman–Crippen LogP) is 1.92. The lowest BCUT2D eigenvalue weighted by molar-refractivity contribution is 1.28. The molecule has 0 bridgehead atoms. The van der Waals surface area contributed by atoms with Crippen LogP contribution in [0.3, 0.4) is 0 Å². The third kappa shape index (κ3) is 1.19. The summed E-state index contributed by atoms with van der Waals surface area (Å²) in [7, 11) is 0. The smallest absolute Gasteiger partial charge is 0.0897 e. The molecule has 0 saturated heterocycles. The Labute approximate surface area is 69.7 Å². The van der Waals surface area contributed by atoms with Gasteiger partial charge in [0.25, 0.3) is 0 Å². The van der Waals surface area contributed by atoms with E-state index in [4.69, 9.17) is 0 Å². The Balaban J connectivity index is 2.83. The number of aromatic nitrogens is 2. The van der Waals surface area contributed by atoms with Crippen molar-refractivity contribution in [2.75, 3.05) is 0 Å². The van der Waals surface area contributed by atoms with Crippen molar-refractivity contribution in [2.45, 2.75) is 4.90 Å². The SMILES string of the molecule is Sc1ccc2nccnc2c1. The van der Waals surface area contributed by atoms with Crippen LogP contribution in [0.25, 0.3) is 11.0 Å². The summed E-state index contributed by atoms with van der Waals surface area (Å²) in [5, 5.41) is 0. The van der Waals surface area contributed by atoms with Gasteiger partial charge in [0.05, 0.1) is 11.0 Å². The van der Waals surface area contributed by atoms with Gasteiger partial charge in [-0.25, -0.2) is 0 Å². The van der Waals surface area contributed by atoms with E-state index in [-0.39, 0.29) is 0 Å². The maximum Gasteiger partial charge on any atom is 0.0897 e. The molecule has 0 fully saturated rings. The number of thiol groups is 1. The molecule has 11 heavy (non-hydrogen) atoms. The van der Waals surface area contributed by atoms with E-state index in [1.165, 1.54) is 0 Å². The molecule has 0 aliphatic heterocycles. The summed E-state index contributed by atoms with van der Waals surface area (Å²) >= 11 is 4.19. The minimum atomic E-state index is 0.889. The number of nitrogens with zero attached hydrogens (tertiary/aromatic N) is 2. The molecule has 0 unspecified atom stereocenters. The highest BCUT2D eigenvalue weighted by Gasteiger charge is 1.92. The van der Waals surface area contributed by atoms with Crippen molar-refractivity contribution in [3.63, 3.8) is 0 Å². The number of hydrogen-bond acceptors (Lipinski definition) is 3. The van der Waals surface area contributed by atoms with Crippen molar-refractivity contribution >= 4 is 23.7 Å². The van der Waals surface area contributed by atoms with Gasteiger partial charge in [0, 0.05) is 17.3 Å². The first-order valence-electron chi connectivity index (χ1n) is 3.26. The van der Waals surface area contributed by atoms with Gasteiger partial charge < -0.3 is 0 Å². The van der Waals surface area contributed by atoms with E-state index in [9.17, 15) is 0 Å². The zero-order chi connectivity index (χ0) is 7.68. The fraction of sp³-hybridized carbons (Fsp3) is 0. The molecule has 2 aromatic rings. The molecule has 1 aromatic heterocycles. The van der Waals surface area contributed by atoms with Crippen molar-refractivity contribution in [3.8, 4) is 0 Å². The van der Waals surface area contributed by atoms with E-state index < -0.39 is 0 Å². The maximum atomic E-state index is 4.19. The van der Waals surface area contributed by atoms with Gasteiger partial charge in [0.15, 0.2) is 0 Å². The summed E-state index contributed by atoms with van der Waals surface area (Å²) in [5.74, 6) is 0. The van der Waals surface area contributed by atoms with Gasteiger partial charge in [-0.15, -0.1) is 12.6 Å². The van der Waals surface area contributed by atoms with Crippen molar-refractivity contribution in [3.05, 3.63) is 30.6 Å². The molecule has 0 atom stereocenters. The van der Waals surface area contributed by atoms with Crippen LogP contribution in [0.15, 0.2) is 35.5 Å². The highest BCUT2D eigenvalue weighted by molar-refractivity contribution is 7.80. The maximum absolute atomic E-state index is 4.19. The standard InChI is InChI=1S/C8H6N2S/c11-6-1-2-7-8(5-6)10-4-3-9-7/h1-5,11H. The summed E-state index contributed by atoms with van der Waals surface area (Å²) in [6, 6.07) is 5.70. The summed E-state index contributed by atoms with van der Waals surface area (Å²) in [5.41, 5.74) is 1.80. The molecule has 54 valence electrons. The molecule has 0 aliphatic carbocycles. The summed E-state index contributed by atoms with van der Waals surface area (Å²) in [6.07, 6.45) is 3.36. The Hall–Kier alpha value is -1.09. The number of benzene rings is 1. The molecule has 1 aromatic carbocycles. The fourth-order valence-corrected chi connectivity index (χ4v) is 1.15. The molecule has 0 saturated carbocycles. The van der Waals surface area contributed by atoms with E-state index in [1.807, 2.05) is 18.2 Å². The van der Waals surface area contributed by atoms with Gasteiger partial charge in [0.2, 0.25) is 0 Å². The van der Waals surface area contributed by atoms with Gasteiger partial charge in [-0.1, -0.05) is 0 Å². The van der Waals surface area contributed by atoms with Crippen molar-refractivity contribution in [1.82, 2.24) is 9.97 Å². The molecular weight excluding hydrogens is 156 g/mol. The molecule has 1 heterocycles. The van der Waals surface area contributed by atoms with E-state index in [1.54, 1.807) is 12.4 Å². The van der Waals surface area contributed by atoms with E-state index in [2.05, 4.69) is 22.6 Å². The molecule has 3 heteroatoms. The quantitative estimate of drug-likeness (QED) is 0.599. The lowest BCUT2D eigenvalue weighted by atomic mass is 10.3. The van der Waals surface area contributed by atoms with Crippen LogP contribution in [0.1, 0.15) is 0 Å². The number of hydrogen-bond donors (Lipinski definition) is 1. The Morgan fingerprint density at radius 2 is 1.73 bits per heavy atom. The third-order valence-corrected chi connectivity index (χ3v) is 1.73. The van der Waals surface area contributed by atoms with E-state index >= 15 is 0 Å². The average molecular weight is 162 g/mol. The fourth-order valence-electron chi connectivity index (χ4n) is 0.952. The highest BCUT2D eigenvalue weighted by atomic mass is 32.1. The Morgan fingerprint density at radius 3 is 2.55 bits per heavy atom. The molecule has 0 aliphatic rings. The Bertz CT molecular complexity index is 387. The minimum absolute atomic E-state index is 0.889. The second-order valence-electron chi connectivity index (χ2n) is 2.23. The van der Waals surface area contributed by atoms with Gasteiger partial charge in [0.1, 0.15) is 0 Å². The predicted molar refractivity (Wildman–Crippen MR) is 46.8 cm³/mol. The van der Waals surface area contributed by atoms with E-state index in [0.717, 1.165) is 15.9 Å². The van der Waals surface area contributed by atoms with Crippen LogP contribution < -0.4 is 0 Å². The summed E-state index contributed by atoms with van der Waals surface area (Å²) in [6.45, 7) is 0. The molecular formula is C8H6N2S. The van der Waals surface area contributed by atoms with Gasteiger partial charge in [-0.3, -0.25) is 9.97 Å². The van der Waals surface area contributed by atoms with Crippen LogP contribution in [0, 0.1) is 0 Å². The van der Waals surface area contributed by atoms with Crippen LogP contribution >= 0.6 is 12.6 Å². The van der Waals surface area contributed by atoms with Gasteiger partial charge in [-0.05, 0) is 18.2 Å². The van der Waals surface area contributed by atoms with Gasteiger partial charge in [-0.2, -0.15) is 0 Å². The van der Waals surface area contributed by atoms with Crippen LogP contribution in [0.4, 0.5) is 0 Å². The second kappa shape index (κ2) is 2.51. The lowest BCUT2D eigenvalue weighted by Gasteiger charge is -1.94. The van der Waals surface area contributed by atoms with Crippen LogP contribution in [0.5, 0.6) is 0 Å². The van der Waals surface area contributed by atoms with Crippen LogP contribution in [-0.2, 0) is 0 Å². The number of rotatable bonds is 0. The first-order chi connectivity index (χ1) is 5.36. The molecule has 0 spiro atoms. The van der Waals surface area contributed by atoms with Crippen molar-refractivity contribution in [1.29, 1.82) is 0 Å². The zero-order valence-corrected chi connectivity index (χ0v) is 6.62. The topological polar surface area (TPSA) is 25.8 Å². The van der Waals surface area contributed by atoms with Gasteiger partial charge >= 0.3 is 0 Å². The number of fused-ring (bicyclic) bond motifs is 1. The molecule has 0 N–H and O–H groups in total. The monoisotopic (exact) mass is 162 g/mol. The Morgan fingerprint density at radius 1 is 1.00 bits per heavy atom.